The molecule has 0 fully saturated rings. The van der Waals surface area contributed by atoms with Crippen molar-refractivity contribution in [3.05, 3.63) is 28.7 Å². The standard InChI is InChI=1S/C10H9N3O3/c1-13-9(15)6-11-7-2-3-8(12-10(7)13)16-5-4-14/h2-4,6H,5H2,1H3. The van der Waals surface area contributed by atoms with Gasteiger partial charge in [0.05, 0.1) is 6.20 Å². The van der Waals surface area contributed by atoms with Crippen molar-refractivity contribution in [1.29, 1.82) is 0 Å². The second-order valence-electron chi connectivity index (χ2n) is 3.13. The van der Waals surface area contributed by atoms with Crippen LogP contribution in [-0.2, 0) is 11.8 Å². The van der Waals surface area contributed by atoms with Gasteiger partial charge in [0.2, 0.25) is 5.88 Å². The minimum atomic E-state index is -0.243. The average Bonchev–Trinajstić information content (AvgIpc) is 2.31. The van der Waals surface area contributed by atoms with E-state index in [0.29, 0.717) is 23.3 Å². The van der Waals surface area contributed by atoms with E-state index < -0.39 is 0 Å². The van der Waals surface area contributed by atoms with Crippen molar-refractivity contribution < 1.29 is 9.53 Å². The first kappa shape index (κ1) is 10.3. The molecule has 0 unspecified atom stereocenters. The van der Waals surface area contributed by atoms with Crippen LogP contribution in [0.1, 0.15) is 0 Å². The molecule has 6 heteroatoms. The summed E-state index contributed by atoms with van der Waals surface area (Å²) < 4.78 is 6.41. The predicted molar refractivity (Wildman–Crippen MR) is 56.3 cm³/mol. The first-order valence-corrected chi connectivity index (χ1v) is 4.61. The second-order valence-corrected chi connectivity index (χ2v) is 3.13. The monoisotopic (exact) mass is 219 g/mol. The predicted octanol–water partition coefficient (Wildman–Crippen LogP) is -0.0938. The fourth-order valence-corrected chi connectivity index (χ4v) is 1.29. The number of hydrogen-bond donors (Lipinski definition) is 0. The smallest absolute Gasteiger partial charge is 0.270 e. The number of aryl methyl sites for hydroxylation is 1. The zero-order chi connectivity index (χ0) is 11.5. The number of hydrogen-bond acceptors (Lipinski definition) is 5. The van der Waals surface area contributed by atoms with E-state index in [2.05, 4.69) is 9.97 Å². The molecule has 2 rings (SSSR count). The molecule has 0 amide bonds. The van der Waals surface area contributed by atoms with Gasteiger partial charge in [0.15, 0.2) is 11.9 Å². The summed E-state index contributed by atoms with van der Waals surface area (Å²) in [6.45, 7) is -0.0628. The van der Waals surface area contributed by atoms with Gasteiger partial charge in [-0.15, -0.1) is 0 Å². The number of fused-ring (bicyclic) bond motifs is 1. The van der Waals surface area contributed by atoms with E-state index in [9.17, 15) is 9.59 Å². The normalized spacial score (nSPS) is 10.3. The molecule has 2 aromatic rings. The molecule has 0 spiro atoms. The van der Waals surface area contributed by atoms with Crippen LogP contribution in [0.15, 0.2) is 23.1 Å². The van der Waals surface area contributed by atoms with Crippen molar-refractivity contribution >= 4 is 17.5 Å². The Balaban J connectivity index is 2.55. The van der Waals surface area contributed by atoms with E-state index in [1.165, 1.54) is 10.8 Å². The Morgan fingerprint density at radius 3 is 3.06 bits per heavy atom. The highest BCUT2D eigenvalue weighted by molar-refractivity contribution is 5.70. The zero-order valence-corrected chi connectivity index (χ0v) is 8.58. The van der Waals surface area contributed by atoms with Gasteiger partial charge in [0, 0.05) is 13.1 Å². The van der Waals surface area contributed by atoms with Gasteiger partial charge in [-0.1, -0.05) is 0 Å². The summed E-state index contributed by atoms with van der Waals surface area (Å²) in [5.41, 5.74) is 0.781. The van der Waals surface area contributed by atoms with E-state index >= 15 is 0 Å². The number of pyridine rings is 1. The molecule has 0 bridgehead atoms. The molecule has 0 aromatic carbocycles. The van der Waals surface area contributed by atoms with Gasteiger partial charge in [-0.3, -0.25) is 14.2 Å². The third-order valence-corrected chi connectivity index (χ3v) is 2.09. The maximum Gasteiger partial charge on any atom is 0.270 e. The van der Waals surface area contributed by atoms with Gasteiger partial charge < -0.3 is 4.74 Å². The lowest BCUT2D eigenvalue weighted by Gasteiger charge is -2.05. The molecule has 0 atom stereocenters. The van der Waals surface area contributed by atoms with Crippen LogP contribution in [0, 0.1) is 0 Å². The van der Waals surface area contributed by atoms with Crippen LogP contribution in [-0.4, -0.2) is 27.4 Å². The molecule has 0 radical (unpaired) electrons. The molecule has 0 saturated heterocycles. The fraction of sp³-hybridized carbons (Fsp3) is 0.200. The molecule has 0 aliphatic carbocycles. The lowest BCUT2D eigenvalue weighted by molar-refractivity contribution is -0.109. The second kappa shape index (κ2) is 4.09. The lowest BCUT2D eigenvalue weighted by atomic mass is 10.4. The molecule has 82 valence electrons. The summed E-state index contributed by atoms with van der Waals surface area (Å²) in [5.74, 6) is 0.294. The summed E-state index contributed by atoms with van der Waals surface area (Å²) in [4.78, 5) is 29.5. The van der Waals surface area contributed by atoms with Gasteiger partial charge in [-0.05, 0) is 6.07 Å². The summed E-state index contributed by atoms with van der Waals surface area (Å²) in [5, 5.41) is 0. The fourth-order valence-electron chi connectivity index (χ4n) is 1.29. The molecule has 2 heterocycles. The largest absolute Gasteiger partial charge is 0.470 e. The Hall–Kier alpha value is -2.24. The highest BCUT2D eigenvalue weighted by Gasteiger charge is 2.04. The van der Waals surface area contributed by atoms with Crippen LogP contribution in [0.25, 0.3) is 11.2 Å². The van der Waals surface area contributed by atoms with Gasteiger partial charge in [0.25, 0.3) is 5.56 Å². The maximum absolute atomic E-state index is 11.3. The highest BCUT2D eigenvalue weighted by atomic mass is 16.5. The summed E-state index contributed by atoms with van der Waals surface area (Å²) in [6, 6.07) is 3.28. The van der Waals surface area contributed by atoms with Gasteiger partial charge in [-0.2, -0.15) is 4.98 Å². The molecule has 2 aromatic heterocycles. The summed E-state index contributed by atoms with van der Waals surface area (Å²) in [7, 11) is 1.60. The van der Waals surface area contributed by atoms with E-state index in [1.807, 2.05) is 0 Å². The molecule has 0 aliphatic rings. The van der Waals surface area contributed by atoms with Crippen molar-refractivity contribution in [1.82, 2.24) is 14.5 Å². The van der Waals surface area contributed by atoms with Crippen molar-refractivity contribution in [3.8, 4) is 5.88 Å². The topological polar surface area (TPSA) is 74.1 Å². The Labute approximate surface area is 90.5 Å². The minimum absolute atomic E-state index is 0.0628. The lowest BCUT2D eigenvalue weighted by Crippen LogP contribution is -2.17. The first-order chi connectivity index (χ1) is 7.72. The molecule has 6 nitrogen and oxygen atoms in total. The van der Waals surface area contributed by atoms with Crippen LogP contribution < -0.4 is 10.3 Å². The maximum atomic E-state index is 11.3. The number of carbonyl (C=O) groups excluding carboxylic acids is 1. The number of rotatable bonds is 3. The van der Waals surface area contributed by atoms with Crippen LogP contribution in [0.2, 0.25) is 0 Å². The van der Waals surface area contributed by atoms with Crippen LogP contribution in [0.5, 0.6) is 5.88 Å². The summed E-state index contributed by atoms with van der Waals surface area (Å²) in [6.07, 6.45) is 1.87. The number of nitrogens with zero attached hydrogens (tertiary/aromatic N) is 3. The first-order valence-electron chi connectivity index (χ1n) is 4.61. The van der Waals surface area contributed by atoms with Crippen molar-refractivity contribution in [2.45, 2.75) is 0 Å². The van der Waals surface area contributed by atoms with Crippen LogP contribution >= 0.6 is 0 Å². The van der Waals surface area contributed by atoms with E-state index in [0.717, 1.165) is 0 Å². The Kier molecular flexibility index (Phi) is 2.63. The third kappa shape index (κ3) is 1.77. The van der Waals surface area contributed by atoms with Crippen LogP contribution in [0.3, 0.4) is 0 Å². The van der Waals surface area contributed by atoms with Crippen molar-refractivity contribution in [2.75, 3.05) is 6.61 Å². The average molecular weight is 219 g/mol. The van der Waals surface area contributed by atoms with E-state index in [1.54, 1.807) is 19.2 Å². The third-order valence-electron chi connectivity index (χ3n) is 2.09. The SMILES string of the molecule is Cn1c(=O)cnc2ccc(OCC=O)nc21. The molecule has 0 saturated carbocycles. The van der Waals surface area contributed by atoms with E-state index in [-0.39, 0.29) is 12.2 Å². The van der Waals surface area contributed by atoms with Crippen molar-refractivity contribution in [3.63, 3.8) is 0 Å². The van der Waals surface area contributed by atoms with Crippen LogP contribution in [0.4, 0.5) is 0 Å². The van der Waals surface area contributed by atoms with Gasteiger partial charge in [0.1, 0.15) is 12.1 Å². The molecular weight excluding hydrogens is 210 g/mol. The molecule has 0 N–H and O–H groups in total. The number of aldehydes is 1. The molecule has 0 aliphatic heterocycles. The van der Waals surface area contributed by atoms with Gasteiger partial charge >= 0.3 is 0 Å². The Morgan fingerprint density at radius 1 is 1.50 bits per heavy atom. The number of carbonyl (C=O) groups is 1. The Morgan fingerprint density at radius 2 is 2.31 bits per heavy atom. The molecular formula is C10H9N3O3. The van der Waals surface area contributed by atoms with Gasteiger partial charge in [-0.25, -0.2) is 4.98 Å². The highest BCUT2D eigenvalue weighted by Crippen LogP contribution is 2.12. The number of aromatic nitrogens is 3. The van der Waals surface area contributed by atoms with Crippen molar-refractivity contribution in [2.24, 2.45) is 7.05 Å². The quantitative estimate of drug-likeness (QED) is 0.674. The molecule has 16 heavy (non-hydrogen) atoms. The minimum Gasteiger partial charge on any atom is -0.470 e. The summed E-state index contributed by atoms with van der Waals surface area (Å²) >= 11 is 0. The zero-order valence-electron chi connectivity index (χ0n) is 8.58. The number of ether oxygens (including phenoxy) is 1. The van der Waals surface area contributed by atoms with E-state index in [4.69, 9.17) is 4.74 Å². The Bertz CT molecular complexity index is 591.